The Bertz CT molecular complexity index is 358. The molecule has 3 heteroatoms. The quantitative estimate of drug-likeness (QED) is 0.782. The summed E-state index contributed by atoms with van der Waals surface area (Å²) in [6, 6.07) is 5.48. The first-order valence-electron chi connectivity index (χ1n) is 4.71. The maximum Gasteiger partial charge on any atom is 0.163 e. The average molecular weight is 192 g/mol. The highest BCUT2D eigenvalue weighted by Crippen LogP contribution is 2.30. The molecule has 0 fully saturated rings. The van der Waals surface area contributed by atoms with Gasteiger partial charge in [0.05, 0.1) is 6.61 Å². The molecule has 0 saturated carbocycles. The van der Waals surface area contributed by atoms with E-state index in [9.17, 15) is 4.79 Å². The number of aliphatic hydroxyl groups excluding tert-OH is 1. The predicted molar refractivity (Wildman–Crippen MR) is 51.7 cm³/mol. The normalized spacial score (nSPS) is 14.2. The Labute approximate surface area is 82.3 Å². The third-order valence-corrected chi connectivity index (χ3v) is 2.38. The molecule has 14 heavy (non-hydrogen) atoms. The molecule has 0 aliphatic heterocycles. The van der Waals surface area contributed by atoms with Gasteiger partial charge in [0.2, 0.25) is 0 Å². The van der Waals surface area contributed by atoms with Crippen molar-refractivity contribution in [2.24, 2.45) is 0 Å². The van der Waals surface area contributed by atoms with Crippen molar-refractivity contribution < 1.29 is 14.6 Å². The van der Waals surface area contributed by atoms with Crippen LogP contribution in [0, 0.1) is 0 Å². The van der Waals surface area contributed by atoms with Gasteiger partial charge in [-0.3, -0.25) is 4.79 Å². The number of Topliss-reactive ketones (excluding diaryl/α,β-unsaturated/α-hetero) is 1. The smallest absolute Gasteiger partial charge is 0.163 e. The van der Waals surface area contributed by atoms with Crippen molar-refractivity contribution in [3.05, 3.63) is 29.3 Å². The minimum absolute atomic E-state index is 0.00237. The van der Waals surface area contributed by atoms with Gasteiger partial charge in [0.25, 0.3) is 0 Å². The van der Waals surface area contributed by atoms with E-state index < -0.39 is 0 Å². The molecule has 0 unspecified atom stereocenters. The SMILES string of the molecule is O=C1CCc2c(OCCO)cccc21. The van der Waals surface area contributed by atoms with Gasteiger partial charge < -0.3 is 9.84 Å². The van der Waals surface area contributed by atoms with Crippen LogP contribution in [0.2, 0.25) is 0 Å². The van der Waals surface area contributed by atoms with E-state index >= 15 is 0 Å². The second kappa shape index (κ2) is 3.80. The molecule has 74 valence electrons. The van der Waals surface area contributed by atoms with Gasteiger partial charge in [-0.15, -0.1) is 0 Å². The molecule has 1 aliphatic carbocycles. The van der Waals surface area contributed by atoms with Crippen LogP contribution in [0.3, 0.4) is 0 Å². The van der Waals surface area contributed by atoms with Gasteiger partial charge in [0, 0.05) is 17.5 Å². The predicted octanol–water partition coefficient (Wildman–Crippen LogP) is 1.19. The van der Waals surface area contributed by atoms with Crippen molar-refractivity contribution in [3.8, 4) is 5.75 Å². The van der Waals surface area contributed by atoms with Crippen molar-refractivity contribution >= 4 is 5.78 Å². The zero-order valence-electron chi connectivity index (χ0n) is 7.82. The molecule has 0 radical (unpaired) electrons. The Morgan fingerprint density at radius 2 is 2.21 bits per heavy atom. The minimum atomic E-state index is -0.00237. The first kappa shape index (κ1) is 9.21. The van der Waals surface area contributed by atoms with Crippen molar-refractivity contribution in [3.63, 3.8) is 0 Å². The molecule has 3 nitrogen and oxygen atoms in total. The fourth-order valence-corrected chi connectivity index (χ4v) is 1.75. The summed E-state index contributed by atoms with van der Waals surface area (Å²) in [6.45, 7) is 0.280. The van der Waals surface area contributed by atoms with Crippen LogP contribution in [0.15, 0.2) is 18.2 Å². The van der Waals surface area contributed by atoms with Crippen LogP contribution >= 0.6 is 0 Å². The number of hydrogen-bond donors (Lipinski definition) is 1. The van der Waals surface area contributed by atoms with Gasteiger partial charge >= 0.3 is 0 Å². The number of hydrogen-bond acceptors (Lipinski definition) is 3. The summed E-state index contributed by atoms with van der Waals surface area (Å²) in [5.74, 6) is 0.928. The zero-order chi connectivity index (χ0) is 9.97. The zero-order valence-corrected chi connectivity index (χ0v) is 7.82. The number of rotatable bonds is 3. The third kappa shape index (κ3) is 1.51. The highest BCUT2D eigenvalue weighted by Gasteiger charge is 2.22. The fourth-order valence-electron chi connectivity index (χ4n) is 1.75. The molecule has 0 saturated heterocycles. The lowest BCUT2D eigenvalue weighted by Gasteiger charge is -2.08. The second-order valence-corrected chi connectivity index (χ2v) is 3.28. The van der Waals surface area contributed by atoms with Crippen LogP contribution < -0.4 is 4.74 Å². The van der Waals surface area contributed by atoms with Crippen molar-refractivity contribution in [1.82, 2.24) is 0 Å². The summed E-state index contributed by atoms with van der Waals surface area (Å²) >= 11 is 0. The topological polar surface area (TPSA) is 46.5 Å². The molecule has 1 aromatic rings. The number of benzene rings is 1. The van der Waals surface area contributed by atoms with E-state index in [2.05, 4.69) is 0 Å². The van der Waals surface area contributed by atoms with E-state index in [1.807, 2.05) is 18.2 Å². The van der Waals surface area contributed by atoms with E-state index in [0.717, 1.165) is 23.3 Å². The van der Waals surface area contributed by atoms with Gasteiger partial charge in [-0.2, -0.15) is 0 Å². The molecule has 0 atom stereocenters. The molecule has 0 bridgehead atoms. The van der Waals surface area contributed by atoms with Gasteiger partial charge in [-0.25, -0.2) is 0 Å². The van der Waals surface area contributed by atoms with Crippen LogP contribution in [0.4, 0.5) is 0 Å². The summed E-state index contributed by atoms with van der Waals surface area (Å²) in [6.07, 6.45) is 1.34. The maximum absolute atomic E-state index is 11.4. The Kier molecular flexibility index (Phi) is 2.50. The summed E-state index contributed by atoms with van der Waals surface area (Å²) in [7, 11) is 0. The minimum Gasteiger partial charge on any atom is -0.491 e. The summed E-state index contributed by atoms with van der Waals surface area (Å²) in [4.78, 5) is 11.4. The highest BCUT2D eigenvalue weighted by atomic mass is 16.5. The Morgan fingerprint density at radius 3 is 3.00 bits per heavy atom. The summed E-state index contributed by atoms with van der Waals surface area (Å²) < 4.78 is 5.34. The number of ketones is 1. The van der Waals surface area contributed by atoms with Crippen LogP contribution in [0.25, 0.3) is 0 Å². The summed E-state index contributed by atoms with van der Waals surface area (Å²) in [5, 5.41) is 8.64. The van der Waals surface area contributed by atoms with Crippen LogP contribution in [0.1, 0.15) is 22.3 Å². The second-order valence-electron chi connectivity index (χ2n) is 3.28. The van der Waals surface area contributed by atoms with Crippen molar-refractivity contribution in [1.29, 1.82) is 0 Å². The Balaban J connectivity index is 2.29. The van der Waals surface area contributed by atoms with Crippen LogP contribution in [0.5, 0.6) is 5.75 Å². The molecule has 0 heterocycles. The lowest BCUT2D eigenvalue weighted by molar-refractivity contribution is 0.0994. The number of aliphatic hydroxyl groups is 1. The standard InChI is InChI=1S/C11H12O3/c12-6-7-14-11-3-1-2-8-9(11)4-5-10(8)13/h1-3,12H,4-7H2. The first-order chi connectivity index (χ1) is 6.83. The Hall–Kier alpha value is -1.35. The fraction of sp³-hybridized carbons (Fsp3) is 0.364. The van der Waals surface area contributed by atoms with E-state index in [4.69, 9.17) is 9.84 Å². The number of carbonyl (C=O) groups excluding carboxylic acids is 1. The summed E-state index contributed by atoms with van der Waals surface area (Å²) in [5.41, 5.74) is 1.77. The lowest BCUT2D eigenvalue weighted by atomic mass is 10.1. The molecule has 1 aliphatic rings. The lowest BCUT2D eigenvalue weighted by Crippen LogP contribution is -2.03. The van der Waals surface area contributed by atoms with Crippen molar-refractivity contribution in [2.45, 2.75) is 12.8 Å². The van der Waals surface area contributed by atoms with E-state index in [1.165, 1.54) is 0 Å². The number of carbonyl (C=O) groups is 1. The van der Waals surface area contributed by atoms with Gasteiger partial charge in [0.1, 0.15) is 12.4 Å². The third-order valence-electron chi connectivity index (χ3n) is 2.38. The molecule has 1 N–H and O–H groups in total. The monoisotopic (exact) mass is 192 g/mol. The van der Waals surface area contributed by atoms with E-state index in [0.29, 0.717) is 6.42 Å². The van der Waals surface area contributed by atoms with Crippen LogP contribution in [-0.2, 0) is 6.42 Å². The van der Waals surface area contributed by atoms with E-state index in [-0.39, 0.29) is 19.0 Å². The first-order valence-corrected chi connectivity index (χ1v) is 4.71. The molecule has 0 amide bonds. The molecular weight excluding hydrogens is 180 g/mol. The molecule has 0 spiro atoms. The Morgan fingerprint density at radius 1 is 1.36 bits per heavy atom. The number of ether oxygens (including phenoxy) is 1. The van der Waals surface area contributed by atoms with Crippen LogP contribution in [-0.4, -0.2) is 24.1 Å². The molecule has 1 aromatic carbocycles. The van der Waals surface area contributed by atoms with Crippen molar-refractivity contribution in [2.75, 3.05) is 13.2 Å². The van der Waals surface area contributed by atoms with Gasteiger partial charge in [-0.05, 0) is 12.5 Å². The maximum atomic E-state index is 11.4. The average Bonchev–Trinajstić information content (AvgIpc) is 2.58. The van der Waals surface area contributed by atoms with Gasteiger partial charge in [-0.1, -0.05) is 12.1 Å². The molecule has 0 aromatic heterocycles. The van der Waals surface area contributed by atoms with E-state index in [1.54, 1.807) is 0 Å². The highest BCUT2D eigenvalue weighted by molar-refractivity contribution is 6.01. The number of fused-ring (bicyclic) bond motifs is 1. The molecule has 2 rings (SSSR count). The van der Waals surface area contributed by atoms with Gasteiger partial charge in [0.15, 0.2) is 5.78 Å². The largest absolute Gasteiger partial charge is 0.491 e. The molecular formula is C11H12O3.